The van der Waals surface area contributed by atoms with Gasteiger partial charge in [-0.25, -0.2) is 4.79 Å². The second kappa shape index (κ2) is 8.23. The largest absolute Gasteiger partial charge is 0.465 e. The standard InChI is InChI=1S/C21H21NO3S/c1-3-4-13-22-17-7-5-6-8-19(17)26-20(22)14-18(23)15-9-11-16(12-10-15)21(24)25-2/h5-12,14H,3-4,13H2,1-2H3/b20-14+. The van der Waals surface area contributed by atoms with Crippen molar-refractivity contribution in [2.24, 2.45) is 0 Å². The van der Waals surface area contributed by atoms with Crippen LogP contribution in [0.1, 0.15) is 40.5 Å². The molecule has 0 aliphatic carbocycles. The number of benzene rings is 2. The van der Waals surface area contributed by atoms with Gasteiger partial charge in [-0.15, -0.1) is 0 Å². The number of hydrogen-bond donors (Lipinski definition) is 0. The molecule has 0 atom stereocenters. The van der Waals surface area contributed by atoms with Crippen molar-refractivity contribution in [2.45, 2.75) is 24.7 Å². The Morgan fingerprint density at radius 2 is 1.77 bits per heavy atom. The van der Waals surface area contributed by atoms with Gasteiger partial charge in [-0.3, -0.25) is 4.79 Å². The minimum Gasteiger partial charge on any atom is -0.465 e. The molecule has 2 aromatic carbocycles. The number of rotatable bonds is 6. The summed E-state index contributed by atoms with van der Waals surface area (Å²) in [6.07, 6.45) is 3.85. The molecule has 0 spiro atoms. The molecule has 1 aliphatic heterocycles. The van der Waals surface area contributed by atoms with Crippen molar-refractivity contribution in [2.75, 3.05) is 18.6 Å². The van der Waals surface area contributed by atoms with Gasteiger partial charge in [-0.1, -0.05) is 49.4 Å². The number of methoxy groups -OCH3 is 1. The number of esters is 1. The molecular weight excluding hydrogens is 346 g/mol. The first-order chi connectivity index (χ1) is 12.6. The summed E-state index contributed by atoms with van der Waals surface area (Å²) in [5.74, 6) is -0.479. The molecule has 4 nitrogen and oxygen atoms in total. The van der Waals surface area contributed by atoms with Crippen LogP contribution in [0.25, 0.3) is 0 Å². The van der Waals surface area contributed by atoms with E-state index in [1.807, 2.05) is 12.1 Å². The summed E-state index contributed by atoms with van der Waals surface area (Å²) >= 11 is 1.62. The smallest absolute Gasteiger partial charge is 0.337 e. The number of ketones is 1. The van der Waals surface area contributed by atoms with Crippen molar-refractivity contribution in [3.63, 3.8) is 0 Å². The minimum absolute atomic E-state index is 0.0711. The van der Waals surface area contributed by atoms with Crippen molar-refractivity contribution in [3.05, 3.63) is 70.8 Å². The van der Waals surface area contributed by atoms with Gasteiger partial charge in [0, 0.05) is 23.1 Å². The zero-order chi connectivity index (χ0) is 18.5. The zero-order valence-corrected chi connectivity index (χ0v) is 15.7. The molecule has 1 aliphatic rings. The van der Waals surface area contributed by atoms with Gasteiger partial charge >= 0.3 is 5.97 Å². The van der Waals surface area contributed by atoms with Gasteiger partial charge in [0.05, 0.1) is 23.4 Å². The summed E-state index contributed by atoms with van der Waals surface area (Å²) < 4.78 is 4.69. The van der Waals surface area contributed by atoms with Crippen LogP contribution in [-0.2, 0) is 4.74 Å². The number of para-hydroxylation sites is 1. The lowest BCUT2D eigenvalue weighted by atomic mass is 10.1. The van der Waals surface area contributed by atoms with Crippen LogP contribution in [0.3, 0.4) is 0 Å². The first-order valence-electron chi connectivity index (χ1n) is 8.63. The maximum Gasteiger partial charge on any atom is 0.337 e. The van der Waals surface area contributed by atoms with E-state index in [4.69, 9.17) is 0 Å². The number of carbonyl (C=O) groups excluding carboxylic acids is 2. The Hall–Kier alpha value is -2.53. The summed E-state index contributed by atoms with van der Waals surface area (Å²) in [4.78, 5) is 27.6. The normalized spacial score (nSPS) is 14.4. The number of unbranched alkanes of at least 4 members (excludes halogenated alkanes) is 1. The van der Waals surface area contributed by atoms with Gasteiger partial charge in [0.1, 0.15) is 0 Å². The number of carbonyl (C=O) groups is 2. The van der Waals surface area contributed by atoms with Crippen LogP contribution in [0, 0.1) is 0 Å². The molecule has 1 heterocycles. The Morgan fingerprint density at radius 3 is 2.46 bits per heavy atom. The fraction of sp³-hybridized carbons (Fsp3) is 0.238. The molecule has 0 bridgehead atoms. The van der Waals surface area contributed by atoms with Crippen LogP contribution < -0.4 is 4.90 Å². The van der Waals surface area contributed by atoms with E-state index in [0.717, 1.165) is 30.1 Å². The lowest BCUT2D eigenvalue weighted by Gasteiger charge is -2.20. The topological polar surface area (TPSA) is 46.6 Å². The number of allylic oxidation sites excluding steroid dienone is 1. The van der Waals surface area contributed by atoms with E-state index in [9.17, 15) is 9.59 Å². The summed E-state index contributed by atoms with van der Waals surface area (Å²) in [5.41, 5.74) is 2.15. The summed E-state index contributed by atoms with van der Waals surface area (Å²) in [6.45, 7) is 3.05. The van der Waals surface area contributed by atoms with Crippen LogP contribution in [-0.4, -0.2) is 25.4 Å². The Labute approximate surface area is 157 Å². The Bertz CT molecular complexity index is 843. The summed E-state index contributed by atoms with van der Waals surface area (Å²) in [5, 5.41) is 0.946. The maximum atomic E-state index is 12.7. The highest BCUT2D eigenvalue weighted by Gasteiger charge is 2.25. The molecule has 0 fully saturated rings. The molecule has 3 rings (SSSR count). The van der Waals surface area contributed by atoms with Crippen molar-refractivity contribution in [3.8, 4) is 0 Å². The van der Waals surface area contributed by atoms with E-state index in [-0.39, 0.29) is 5.78 Å². The van der Waals surface area contributed by atoms with Gasteiger partial charge in [0.15, 0.2) is 5.78 Å². The maximum absolute atomic E-state index is 12.7. The third-order valence-corrected chi connectivity index (χ3v) is 5.33. The van der Waals surface area contributed by atoms with Crippen LogP contribution in [0.5, 0.6) is 0 Å². The average molecular weight is 367 g/mol. The van der Waals surface area contributed by atoms with Gasteiger partial charge in [-0.2, -0.15) is 0 Å². The lowest BCUT2D eigenvalue weighted by Crippen LogP contribution is -2.19. The molecule has 0 aromatic heterocycles. The molecule has 26 heavy (non-hydrogen) atoms. The molecule has 5 heteroatoms. The van der Waals surface area contributed by atoms with E-state index >= 15 is 0 Å². The van der Waals surface area contributed by atoms with Crippen LogP contribution in [0.15, 0.2) is 64.5 Å². The number of fused-ring (bicyclic) bond motifs is 1. The van der Waals surface area contributed by atoms with E-state index in [0.29, 0.717) is 11.1 Å². The van der Waals surface area contributed by atoms with E-state index < -0.39 is 5.97 Å². The zero-order valence-electron chi connectivity index (χ0n) is 14.9. The third-order valence-electron chi connectivity index (χ3n) is 4.22. The Balaban J connectivity index is 1.83. The number of ether oxygens (including phenoxy) is 1. The number of anilines is 1. The van der Waals surface area contributed by atoms with Gasteiger partial charge < -0.3 is 9.64 Å². The van der Waals surface area contributed by atoms with Crippen molar-refractivity contribution < 1.29 is 14.3 Å². The lowest BCUT2D eigenvalue weighted by molar-refractivity contribution is 0.0600. The van der Waals surface area contributed by atoms with Gasteiger partial charge in [0.2, 0.25) is 0 Å². The predicted molar refractivity (Wildman–Crippen MR) is 105 cm³/mol. The highest BCUT2D eigenvalue weighted by Crippen LogP contribution is 2.45. The summed E-state index contributed by atoms with van der Waals surface area (Å²) in [7, 11) is 1.34. The van der Waals surface area contributed by atoms with Crippen molar-refractivity contribution in [1.29, 1.82) is 0 Å². The molecule has 0 unspecified atom stereocenters. The second-order valence-electron chi connectivity index (χ2n) is 5.99. The molecule has 0 N–H and O–H groups in total. The third kappa shape index (κ3) is 3.83. The monoisotopic (exact) mass is 367 g/mol. The molecule has 0 saturated carbocycles. The number of thioether (sulfide) groups is 1. The highest BCUT2D eigenvalue weighted by molar-refractivity contribution is 8.03. The molecule has 0 saturated heterocycles. The molecule has 0 radical (unpaired) electrons. The molecule has 134 valence electrons. The van der Waals surface area contributed by atoms with E-state index in [1.54, 1.807) is 42.1 Å². The second-order valence-corrected chi connectivity index (χ2v) is 7.05. The Morgan fingerprint density at radius 1 is 1.08 bits per heavy atom. The van der Waals surface area contributed by atoms with Gasteiger partial charge in [0.25, 0.3) is 0 Å². The Kier molecular flexibility index (Phi) is 5.78. The van der Waals surface area contributed by atoms with Crippen molar-refractivity contribution in [1.82, 2.24) is 0 Å². The van der Waals surface area contributed by atoms with E-state index in [1.165, 1.54) is 12.0 Å². The predicted octanol–water partition coefficient (Wildman–Crippen LogP) is 4.91. The fourth-order valence-corrected chi connectivity index (χ4v) is 3.91. The first kappa shape index (κ1) is 18.3. The average Bonchev–Trinajstić information content (AvgIpc) is 3.02. The molecule has 0 amide bonds. The number of nitrogens with zero attached hydrogens (tertiary/aromatic N) is 1. The van der Waals surface area contributed by atoms with Crippen LogP contribution in [0.4, 0.5) is 5.69 Å². The summed E-state index contributed by atoms with van der Waals surface area (Å²) in [6, 6.07) is 14.8. The minimum atomic E-state index is -0.408. The molecule has 2 aromatic rings. The van der Waals surface area contributed by atoms with Gasteiger partial charge in [-0.05, 0) is 30.7 Å². The van der Waals surface area contributed by atoms with Crippen LogP contribution in [0.2, 0.25) is 0 Å². The fourth-order valence-electron chi connectivity index (χ4n) is 2.79. The first-order valence-corrected chi connectivity index (χ1v) is 9.44. The SMILES string of the molecule is CCCCN1/C(=C\C(=O)c2ccc(C(=O)OC)cc2)Sc2ccccc21. The van der Waals surface area contributed by atoms with Crippen LogP contribution >= 0.6 is 11.8 Å². The molecular formula is C21H21NO3S. The number of hydrogen-bond acceptors (Lipinski definition) is 5. The van der Waals surface area contributed by atoms with E-state index in [2.05, 4.69) is 28.7 Å². The highest BCUT2D eigenvalue weighted by atomic mass is 32.2. The van der Waals surface area contributed by atoms with Crippen molar-refractivity contribution >= 4 is 29.2 Å². The quantitative estimate of drug-likeness (QED) is 0.412.